The first-order valence-corrected chi connectivity index (χ1v) is 14.2. The smallest absolute Gasteiger partial charge is 0.333 e. The lowest BCUT2D eigenvalue weighted by Crippen LogP contribution is -2.12. The zero-order chi connectivity index (χ0) is 27.7. The quantitative estimate of drug-likeness (QED) is 0.174. The molecule has 200 valence electrons. The number of hydrogen-bond acceptors (Lipinski definition) is 6. The maximum Gasteiger partial charge on any atom is 0.333 e. The van der Waals surface area contributed by atoms with Crippen molar-refractivity contribution in [3.05, 3.63) is 64.6 Å². The van der Waals surface area contributed by atoms with Crippen LogP contribution in [0.3, 0.4) is 0 Å². The summed E-state index contributed by atoms with van der Waals surface area (Å²) in [7, 11) is -4.97. The molecule has 3 aromatic heterocycles. The number of rotatable bonds is 9. The molecule has 0 saturated heterocycles. The third kappa shape index (κ3) is 4.86. The number of aryl methyl sites for hydroxylation is 1. The number of nitriles is 1. The van der Waals surface area contributed by atoms with Gasteiger partial charge in [-0.3, -0.25) is 9.78 Å². The van der Waals surface area contributed by atoms with Gasteiger partial charge in [0.05, 0.1) is 34.5 Å². The van der Waals surface area contributed by atoms with Crippen LogP contribution in [0.4, 0.5) is 3.89 Å². The highest BCUT2D eigenvalue weighted by atomic mass is 32.3. The van der Waals surface area contributed by atoms with E-state index in [1.165, 1.54) is 12.3 Å². The molecular weight excluding hydrogens is 519 g/mol. The Bertz CT molecular complexity index is 1940. The van der Waals surface area contributed by atoms with Crippen LogP contribution in [0.1, 0.15) is 45.1 Å². The SMILES string of the molecule is CCCCOc1cc2c(=O)c3c4ccc(C#N)cc4[nH]c3n(CCCC)c2cc1-c1cncc(S(=O)(=O)F)c1. The lowest BCUT2D eigenvalue weighted by Gasteiger charge is -2.17. The molecule has 0 amide bonds. The largest absolute Gasteiger partial charge is 0.493 e. The number of hydrogen-bond donors (Lipinski definition) is 1. The minimum absolute atomic E-state index is 0.186. The molecule has 0 atom stereocenters. The number of aromatic nitrogens is 3. The molecule has 0 aliphatic rings. The predicted octanol–water partition coefficient (Wildman–Crippen LogP) is 6.21. The van der Waals surface area contributed by atoms with Crippen LogP contribution in [0.5, 0.6) is 5.75 Å². The highest BCUT2D eigenvalue weighted by molar-refractivity contribution is 7.86. The summed E-state index contributed by atoms with van der Waals surface area (Å²) in [6, 6.07) is 12.0. The summed E-state index contributed by atoms with van der Waals surface area (Å²) < 4.78 is 45.2. The predicted molar refractivity (Wildman–Crippen MR) is 149 cm³/mol. The standard InChI is InChI=1S/C29H27FN4O4S/c1-3-5-9-34-25-13-22(19-12-20(17-32-16-19)39(30,36)37)26(38-10-6-4-2)14-23(25)28(35)27-21-8-7-18(15-31)11-24(21)33-29(27)34/h7-8,11-14,16-17,33H,3-6,9-10H2,1-2H3. The molecule has 0 spiro atoms. The van der Waals surface area contributed by atoms with E-state index in [0.717, 1.165) is 37.3 Å². The Hall–Kier alpha value is -4.23. The number of unbranched alkanes of at least 4 members (excludes halogenated alkanes) is 2. The van der Waals surface area contributed by atoms with Crippen molar-refractivity contribution in [2.45, 2.75) is 51.0 Å². The second kappa shape index (κ2) is 10.5. The molecule has 10 heteroatoms. The molecule has 0 fully saturated rings. The first kappa shape index (κ1) is 26.4. The highest BCUT2D eigenvalue weighted by Crippen LogP contribution is 2.36. The number of pyridine rings is 2. The molecule has 0 unspecified atom stereocenters. The van der Waals surface area contributed by atoms with Gasteiger partial charge in [-0.15, -0.1) is 3.89 Å². The van der Waals surface area contributed by atoms with Crippen LogP contribution in [-0.2, 0) is 16.8 Å². The van der Waals surface area contributed by atoms with E-state index in [2.05, 4.69) is 23.0 Å². The Morgan fingerprint density at radius 1 is 1.08 bits per heavy atom. The van der Waals surface area contributed by atoms with Crippen molar-refractivity contribution in [1.82, 2.24) is 14.5 Å². The van der Waals surface area contributed by atoms with Crippen LogP contribution < -0.4 is 10.2 Å². The summed E-state index contributed by atoms with van der Waals surface area (Å²) in [4.78, 5) is 20.7. The molecule has 0 aliphatic heterocycles. The maximum absolute atomic E-state index is 14.0. The second-order valence-electron chi connectivity index (χ2n) is 9.47. The molecule has 39 heavy (non-hydrogen) atoms. The summed E-state index contributed by atoms with van der Waals surface area (Å²) >= 11 is 0. The highest BCUT2D eigenvalue weighted by Gasteiger charge is 2.21. The fourth-order valence-electron chi connectivity index (χ4n) is 4.83. The normalized spacial score (nSPS) is 11.8. The van der Waals surface area contributed by atoms with Gasteiger partial charge in [0, 0.05) is 41.0 Å². The Morgan fingerprint density at radius 2 is 1.87 bits per heavy atom. The van der Waals surface area contributed by atoms with Gasteiger partial charge >= 0.3 is 10.2 Å². The van der Waals surface area contributed by atoms with E-state index in [1.807, 2.05) is 11.5 Å². The van der Waals surface area contributed by atoms with Gasteiger partial charge < -0.3 is 14.3 Å². The third-order valence-corrected chi connectivity index (χ3v) is 7.62. The van der Waals surface area contributed by atoms with E-state index in [4.69, 9.17) is 4.74 Å². The lowest BCUT2D eigenvalue weighted by molar-refractivity contribution is 0.311. The molecule has 1 N–H and O–H groups in total. The number of nitrogens with one attached hydrogen (secondary N) is 1. The van der Waals surface area contributed by atoms with E-state index in [-0.39, 0.29) is 5.43 Å². The van der Waals surface area contributed by atoms with Crippen molar-refractivity contribution in [2.24, 2.45) is 0 Å². The molecule has 8 nitrogen and oxygen atoms in total. The molecule has 0 aliphatic carbocycles. The van der Waals surface area contributed by atoms with Crippen molar-refractivity contribution in [1.29, 1.82) is 5.26 Å². The van der Waals surface area contributed by atoms with Gasteiger partial charge in [0.15, 0.2) is 5.43 Å². The molecular formula is C29H27FN4O4S. The molecule has 0 saturated carbocycles. The summed E-state index contributed by atoms with van der Waals surface area (Å²) in [6.07, 6.45) is 5.83. The van der Waals surface area contributed by atoms with E-state index in [9.17, 15) is 22.4 Å². The first-order valence-electron chi connectivity index (χ1n) is 12.9. The Kier molecular flexibility index (Phi) is 7.10. The molecule has 0 radical (unpaired) electrons. The Balaban J connectivity index is 1.87. The lowest BCUT2D eigenvalue weighted by atomic mass is 10.0. The van der Waals surface area contributed by atoms with Gasteiger partial charge in [-0.1, -0.05) is 32.8 Å². The average Bonchev–Trinajstić information content (AvgIpc) is 3.31. The molecule has 5 rings (SSSR count). The summed E-state index contributed by atoms with van der Waals surface area (Å²) in [5, 5.41) is 11.1. The number of fused-ring (bicyclic) bond motifs is 4. The Morgan fingerprint density at radius 3 is 2.59 bits per heavy atom. The van der Waals surface area contributed by atoms with Crippen LogP contribution in [0.25, 0.3) is 44.0 Å². The molecule has 0 bridgehead atoms. The van der Waals surface area contributed by atoms with Crippen molar-refractivity contribution in [2.75, 3.05) is 6.61 Å². The van der Waals surface area contributed by atoms with Gasteiger partial charge in [0.25, 0.3) is 0 Å². The fourth-order valence-corrected chi connectivity index (χ4v) is 5.29. The number of ether oxygens (including phenoxy) is 1. The third-order valence-electron chi connectivity index (χ3n) is 6.83. The topological polar surface area (TPSA) is 118 Å². The van der Waals surface area contributed by atoms with Crippen LogP contribution in [-0.4, -0.2) is 29.6 Å². The average molecular weight is 547 g/mol. The number of H-pyrrole nitrogens is 1. The van der Waals surface area contributed by atoms with Crippen molar-refractivity contribution < 1.29 is 17.0 Å². The van der Waals surface area contributed by atoms with E-state index in [0.29, 0.717) is 63.0 Å². The van der Waals surface area contributed by atoms with Crippen LogP contribution in [0.2, 0.25) is 0 Å². The number of halogens is 1. The first-order chi connectivity index (χ1) is 18.8. The van der Waals surface area contributed by atoms with Crippen LogP contribution >= 0.6 is 0 Å². The maximum atomic E-state index is 14.0. The minimum atomic E-state index is -4.97. The van der Waals surface area contributed by atoms with E-state index >= 15 is 0 Å². The zero-order valence-electron chi connectivity index (χ0n) is 21.6. The number of aromatic amines is 1. The molecule has 2 aromatic carbocycles. The number of nitrogens with zero attached hydrogens (tertiary/aromatic N) is 3. The van der Waals surface area contributed by atoms with Gasteiger partial charge in [-0.25, -0.2) is 0 Å². The van der Waals surface area contributed by atoms with E-state index in [1.54, 1.807) is 30.3 Å². The van der Waals surface area contributed by atoms with Gasteiger partial charge in [0.2, 0.25) is 0 Å². The van der Waals surface area contributed by atoms with Gasteiger partial charge in [-0.2, -0.15) is 13.7 Å². The van der Waals surface area contributed by atoms with Gasteiger partial charge in [0.1, 0.15) is 16.3 Å². The zero-order valence-corrected chi connectivity index (χ0v) is 22.4. The van der Waals surface area contributed by atoms with Crippen molar-refractivity contribution in [3.63, 3.8) is 0 Å². The fraction of sp³-hybridized carbons (Fsp3) is 0.276. The summed E-state index contributed by atoms with van der Waals surface area (Å²) in [6.45, 7) is 5.10. The van der Waals surface area contributed by atoms with Crippen LogP contribution in [0, 0.1) is 11.3 Å². The monoisotopic (exact) mass is 546 g/mol. The molecule has 5 aromatic rings. The summed E-state index contributed by atoms with van der Waals surface area (Å²) in [5.74, 6) is 0.385. The Labute approximate surface area is 224 Å². The van der Waals surface area contributed by atoms with Crippen molar-refractivity contribution in [3.8, 4) is 22.9 Å². The van der Waals surface area contributed by atoms with Gasteiger partial charge in [-0.05, 0) is 43.2 Å². The second-order valence-corrected chi connectivity index (χ2v) is 10.8. The minimum Gasteiger partial charge on any atom is -0.493 e. The molecule has 3 heterocycles. The number of benzene rings is 2. The summed E-state index contributed by atoms with van der Waals surface area (Å²) in [5.41, 5.74) is 3.10. The van der Waals surface area contributed by atoms with Crippen LogP contribution in [0.15, 0.2) is 58.5 Å². The van der Waals surface area contributed by atoms with Crippen molar-refractivity contribution >= 4 is 43.1 Å². The van der Waals surface area contributed by atoms with E-state index < -0.39 is 15.1 Å².